The molecule has 90 valence electrons. The molecule has 1 aromatic heterocycles. The molecule has 17 heavy (non-hydrogen) atoms. The third-order valence-electron chi connectivity index (χ3n) is 2.37. The van der Waals surface area contributed by atoms with Crippen molar-refractivity contribution in [3.05, 3.63) is 52.4 Å². The van der Waals surface area contributed by atoms with E-state index in [0.29, 0.717) is 6.54 Å². The van der Waals surface area contributed by atoms with Crippen LogP contribution in [-0.2, 0) is 0 Å². The van der Waals surface area contributed by atoms with Crippen LogP contribution in [0.3, 0.4) is 0 Å². The van der Waals surface area contributed by atoms with E-state index in [1.165, 1.54) is 0 Å². The molecule has 0 aliphatic heterocycles. The van der Waals surface area contributed by atoms with E-state index in [2.05, 4.69) is 15.9 Å². The van der Waals surface area contributed by atoms with Crippen LogP contribution < -0.4 is 10.5 Å². The Morgan fingerprint density at radius 1 is 1.35 bits per heavy atom. The minimum absolute atomic E-state index is 0.252. The maximum Gasteiger partial charge on any atom is 0.168 e. The van der Waals surface area contributed by atoms with Crippen LogP contribution in [0.5, 0.6) is 5.75 Å². The monoisotopic (exact) mass is 295 g/mol. The molecule has 2 N–H and O–H groups in total. The lowest BCUT2D eigenvalue weighted by Gasteiger charge is -2.15. The number of halogens is 1. The molecule has 0 saturated carbocycles. The molecule has 0 aliphatic rings. The second-order valence-corrected chi connectivity index (χ2v) is 4.66. The number of benzene rings is 1. The highest BCUT2D eigenvalue weighted by Gasteiger charge is 2.15. The lowest BCUT2D eigenvalue weighted by atomic mass is 10.2. The van der Waals surface area contributed by atoms with Gasteiger partial charge in [-0.05, 0) is 37.3 Å². The predicted molar refractivity (Wildman–Crippen MR) is 70.0 cm³/mol. The van der Waals surface area contributed by atoms with Crippen molar-refractivity contribution < 1.29 is 9.15 Å². The molecule has 0 bridgehead atoms. The highest BCUT2D eigenvalue weighted by molar-refractivity contribution is 9.10. The average molecular weight is 296 g/mol. The summed E-state index contributed by atoms with van der Waals surface area (Å²) in [5.74, 6) is 2.38. The molecule has 2 rings (SSSR count). The highest BCUT2D eigenvalue weighted by atomic mass is 79.9. The molecule has 0 amide bonds. The zero-order valence-electron chi connectivity index (χ0n) is 9.52. The van der Waals surface area contributed by atoms with Crippen LogP contribution in [0, 0.1) is 6.92 Å². The van der Waals surface area contributed by atoms with Gasteiger partial charge in [0, 0.05) is 11.0 Å². The van der Waals surface area contributed by atoms with Crippen molar-refractivity contribution in [2.24, 2.45) is 5.73 Å². The Labute approximate surface area is 109 Å². The number of rotatable bonds is 4. The Bertz CT molecular complexity index is 496. The zero-order valence-corrected chi connectivity index (χ0v) is 11.1. The van der Waals surface area contributed by atoms with Gasteiger partial charge in [-0.2, -0.15) is 0 Å². The fraction of sp³-hybridized carbons (Fsp3) is 0.231. The van der Waals surface area contributed by atoms with Crippen molar-refractivity contribution in [2.75, 3.05) is 6.54 Å². The minimum atomic E-state index is -0.252. The Kier molecular flexibility index (Phi) is 3.86. The van der Waals surface area contributed by atoms with Crippen LogP contribution in [0.4, 0.5) is 0 Å². The maximum absolute atomic E-state index is 5.80. The number of aryl methyl sites for hydroxylation is 1. The van der Waals surface area contributed by atoms with Gasteiger partial charge >= 0.3 is 0 Å². The lowest BCUT2D eigenvalue weighted by Crippen LogP contribution is -2.17. The van der Waals surface area contributed by atoms with Gasteiger partial charge in [0.05, 0.1) is 0 Å². The van der Waals surface area contributed by atoms with Gasteiger partial charge in [-0.15, -0.1) is 0 Å². The fourth-order valence-corrected chi connectivity index (χ4v) is 1.93. The normalized spacial score (nSPS) is 12.4. The minimum Gasteiger partial charge on any atom is -0.481 e. The summed E-state index contributed by atoms with van der Waals surface area (Å²) in [6.45, 7) is 2.27. The summed E-state index contributed by atoms with van der Waals surface area (Å²) in [4.78, 5) is 0. The third kappa shape index (κ3) is 3.11. The van der Waals surface area contributed by atoms with Gasteiger partial charge in [-0.1, -0.05) is 22.0 Å². The van der Waals surface area contributed by atoms with E-state index in [1.807, 2.05) is 43.3 Å². The second kappa shape index (κ2) is 5.38. The lowest BCUT2D eigenvalue weighted by molar-refractivity contribution is 0.182. The van der Waals surface area contributed by atoms with E-state index in [4.69, 9.17) is 14.9 Å². The second-order valence-electron chi connectivity index (χ2n) is 3.75. The first kappa shape index (κ1) is 12.2. The number of ether oxygens (including phenoxy) is 1. The van der Waals surface area contributed by atoms with E-state index < -0.39 is 0 Å². The van der Waals surface area contributed by atoms with Crippen molar-refractivity contribution in [2.45, 2.75) is 13.0 Å². The van der Waals surface area contributed by atoms with Crippen molar-refractivity contribution in [1.29, 1.82) is 0 Å². The topological polar surface area (TPSA) is 48.4 Å². The van der Waals surface area contributed by atoms with E-state index >= 15 is 0 Å². The number of hydrogen-bond acceptors (Lipinski definition) is 3. The zero-order chi connectivity index (χ0) is 12.3. The fourth-order valence-electron chi connectivity index (χ4n) is 1.55. The summed E-state index contributed by atoms with van der Waals surface area (Å²) in [6, 6.07) is 11.5. The van der Waals surface area contributed by atoms with Gasteiger partial charge in [-0.3, -0.25) is 0 Å². The Morgan fingerprint density at radius 3 is 2.76 bits per heavy atom. The van der Waals surface area contributed by atoms with E-state index in [0.717, 1.165) is 21.7 Å². The number of nitrogens with two attached hydrogens (primary N) is 1. The van der Waals surface area contributed by atoms with Crippen molar-refractivity contribution in [3.8, 4) is 5.75 Å². The largest absolute Gasteiger partial charge is 0.481 e. The summed E-state index contributed by atoms with van der Waals surface area (Å²) >= 11 is 3.40. The molecular formula is C13H14BrNO2. The highest BCUT2D eigenvalue weighted by Crippen LogP contribution is 2.25. The van der Waals surface area contributed by atoms with E-state index in [1.54, 1.807) is 0 Å². The van der Waals surface area contributed by atoms with Crippen molar-refractivity contribution >= 4 is 15.9 Å². The third-order valence-corrected chi connectivity index (χ3v) is 2.86. The van der Waals surface area contributed by atoms with Gasteiger partial charge in [0.15, 0.2) is 6.10 Å². The predicted octanol–water partition coefficient (Wildman–Crippen LogP) is 3.43. The Balaban J connectivity index is 2.15. The smallest absolute Gasteiger partial charge is 0.168 e. The van der Waals surface area contributed by atoms with Crippen LogP contribution in [0.25, 0.3) is 0 Å². The summed E-state index contributed by atoms with van der Waals surface area (Å²) < 4.78 is 12.3. The molecule has 1 unspecified atom stereocenters. The maximum atomic E-state index is 5.80. The van der Waals surface area contributed by atoms with Crippen molar-refractivity contribution in [1.82, 2.24) is 0 Å². The number of hydrogen-bond donors (Lipinski definition) is 1. The van der Waals surface area contributed by atoms with Gasteiger partial charge in [0.25, 0.3) is 0 Å². The van der Waals surface area contributed by atoms with E-state index in [9.17, 15) is 0 Å². The molecule has 1 heterocycles. The van der Waals surface area contributed by atoms with Crippen molar-refractivity contribution in [3.63, 3.8) is 0 Å². The van der Waals surface area contributed by atoms with Gasteiger partial charge in [-0.25, -0.2) is 0 Å². The van der Waals surface area contributed by atoms with Gasteiger partial charge in [0.1, 0.15) is 17.3 Å². The van der Waals surface area contributed by atoms with Gasteiger partial charge in [0.2, 0.25) is 0 Å². The number of furan rings is 1. The van der Waals surface area contributed by atoms with Crippen LogP contribution >= 0.6 is 15.9 Å². The molecule has 0 radical (unpaired) electrons. The molecule has 1 aromatic carbocycles. The van der Waals surface area contributed by atoms with Crippen LogP contribution in [0.15, 0.2) is 45.3 Å². The standard InChI is InChI=1S/C13H14BrNO2/c1-9-5-6-12(16-9)13(8-15)17-11-4-2-3-10(14)7-11/h2-7,13H,8,15H2,1H3. The molecule has 0 fully saturated rings. The first-order valence-electron chi connectivity index (χ1n) is 5.37. The quantitative estimate of drug-likeness (QED) is 0.940. The Morgan fingerprint density at radius 2 is 2.18 bits per heavy atom. The van der Waals surface area contributed by atoms with Gasteiger partial charge < -0.3 is 14.9 Å². The van der Waals surface area contributed by atoms with Crippen LogP contribution in [-0.4, -0.2) is 6.54 Å². The van der Waals surface area contributed by atoms with Crippen LogP contribution in [0.2, 0.25) is 0 Å². The van der Waals surface area contributed by atoms with E-state index in [-0.39, 0.29) is 6.10 Å². The SMILES string of the molecule is Cc1ccc(C(CN)Oc2cccc(Br)c2)o1. The Hall–Kier alpha value is -1.26. The van der Waals surface area contributed by atoms with Crippen LogP contribution in [0.1, 0.15) is 17.6 Å². The summed E-state index contributed by atoms with van der Waals surface area (Å²) in [7, 11) is 0. The molecule has 4 heteroatoms. The molecule has 0 aliphatic carbocycles. The summed E-state index contributed by atoms with van der Waals surface area (Å²) in [5, 5.41) is 0. The molecule has 0 spiro atoms. The summed E-state index contributed by atoms with van der Waals surface area (Å²) in [6.07, 6.45) is -0.252. The molecule has 1 atom stereocenters. The first-order valence-corrected chi connectivity index (χ1v) is 6.17. The molecule has 2 aromatic rings. The molecule has 3 nitrogen and oxygen atoms in total. The molecular weight excluding hydrogens is 282 g/mol. The summed E-state index contributed by atoms with van der Waals surface area (Å²) in [5.41, 5.74) is 5.70. The average Bonchev–Trinajstić information content (AvgIpc) is 2.73. The first-order chi connectivity index (χ1) is 8.19. The molecule has 0 saturated heterocycles.